The van der Waals surface area contributed by atoms with Crippen molar-refractivity contribution in [3.05, 3.63) is 53.0 Å². The number of benzene rings is 2. The number of rotatable bonds is 7. The molecule has 0 radical (unpaired) electrons. The van der Waals surface area contributed by atoms with Gasteiger partial charge in [-0.25, -0.2) is 0 Å². The Labute approximate surface area is 161 Å². The number of amides is 2. The second-order valence-corrected chi connectivity index (χ2v) is 6.78. The highest BCUT2D eigenvalue weighted by Gasteiger charge is 2.20. The van der Waals surface area contributed by atoms with Crippen LogP contribution in [0.1, 0.15) is 6.92 Å². The molecule has 1 atom stereocenters. The van der Waals surface area contributed by atoms with Crippen molar-refractivity contribution < 1.29 is 14.3 Å². The summed E-state index contributed by atoms with van der Waals surface area (Å²) in [6, 6.07) is 13.9. The van der Waals surface area contributed by atoms with Crippen molar-refractivity contribution in [1.82, 2.24) is 4.90 Å². The van der Waals surface area contributed by atoms with Crippen molar-refractivity contribution in [3.63, 3.8) is 0 Å². The van der Waals surface area contributed by atoms with Crippen molar-refractivity contribution in [2.24, 2.45) is 0 Å². The molecule has 0 aliphatic heterocycles. The number of hydrogen-bond donors (Lipinski definition) is 2. The molecule has 0 spiro atoms. The van der Waals surface area contributed by atoms with E-state index in [2.05, 4.69) is 26.6 Å². The van der Waals surface area contributed by atoms with E-state index in [1.807, 2.05) is 24.3 Å². The van der Waals surface area contributed by atoms with E-state index in [0.29, 0.717) is 11.4 Å². The van der Waals surface area contributed by atoms with E-state index in [9.17, 15) is 9.59 Å². The Morgan fingerprint density at radius 1 is 1.04 bits per heavy atom. The van der Waals surface area contributed by atoms with Gasteiger partial charge in [-0.2, -0.15) is 0 Å². The van der Waals surface area contributed by atoms with E-state index in [4.69, 9.17) is 4.74 Å². The first-order chi connectivity index (χ1) is 12.4. The number of ether oxygens (including phenoxy) is 1. The van der Waals surface area contributed by atoms with E-state index in [1.165, 1.54) is 0 Å². The highest BCUT2D eigenvalue weighted by molar-refractivity contribution is 9.10. The summed E-state index contributed by atoms with van der Waals surface area (Å²) in [6.45, 7) is 1.86. The summed E-state index contributed by atoms with van der Waals surface area (Å²) in [4.78, 5) is 26.2. The van der Waals surface area contributed by atoms with Gasteiger partial charge in [0.25, 0.3) is 0 Å². The summed E-state index contributed by atoms with van der Waals surface area (Å²) >= 11 is 3.35. The monoisotopic (exact) mass is 419 g/mol. The first kappa shape index (κ1) is 19.9. The van der Waals surface area contributed by atoms with Gasteiger partial charge in [0.1, 0.15) is 5.75 Å². The third-order valence-corrected chi connectivity index (χ3v) is 4.45. The van der Waals surface area contributed by atoms with Crippen molar-refractivity contribution in [3.8, 4) is 5.75 Å². The van der Waals surface area contributed by atoms with Crippen molar-refractivity contribution >= 4 is 39.1 Å². The Kier molecular flexibility index (Phi) is 7.17. The molecule has 2 aromatic carbocycles. The minimum atomic E-state index is -0.458. The molecule has 138 valence electrons. The molecule has 0 aliphatic carbocycles. The van der Waals surface area contributed by atoms with Gasteiger partial charge in [0.15, 0.2) is 0 Å². The van der Waals surface area contributed by atoms with Crippen LogP contribution in [0.4, 0.5) is 11.4 Å². The lowest BCUT2D eigenvalue weighted by Crippen LogP contribution is -2.43. The quantitative estimate of drug-likeness (QED) is 0.721. The Morgan fingerprint density at radius 3 is 2.15 bits per heavy atom. The first-order valence-electron chi connectivity index (χ1n) is 8.09. The molecule has 2 amide bonds. The predicted octanol–water partition coefficient (Wildman–Crippen LogP) is 3.36. The minimum Gasteiger partial charge on any atom is -0.497 e. The lowest BCUT2D eigenvalue weighted by molar-refractivity contribution is -0.122. The van der Waals surface area contributed by atoms with Crippen LogP contribution in [0, 0.1) is 0 Å². The summed E-state index contributed by atoms with van der Waals surface area (Å²) < 4.78 is 6.02. The maximum atomic E-state index is 12.3. The molecule has 2 rings (SSSR count). The topological polar surface area (TPSA) is 70.7 Å². The van der Waals surface area contributed by atoms with Crippen LogP contribution < -0.4 is 15.4 Å². The number of anilines is 2. The molecule has 26 heavy (non-hydrogen) atoms. The Balaban J connectivity index is 1.86. The lowest BCUT2D eigenvalue weighted by Gasteiger charge is -2.23. The molecule has 0 heterocycles. The predicted molar refractivity (Wildman–Crippen MR) is 106 cm³/mol. The van der Waals surface area contributed by atoms with Crippen molar-refractivity contribution in [2.45, 2.75) is 13.0 Å². The van der Waals surface area contributed by atoms with Crippen LogP contribution in [-0.4, -0.2) is 43.5 Å². The SMILES string of the molecule is COc1ccc(NC(=O)CN(C)[C@H](C)C(=O)Nc2ccc(Br)cc2)cc1. The van der Waals surface area contributed by atoms with Gasteiger partial charge in [-0.1, -0.05) is 15.9 Å². The summed E-state index contributed by atoms with van der Waals surface area (Å²) in [7, 11) is 3.32. The largest absolute Gasteiger partial charge is 0.497 e. The summed E-state index contributed by atoms with van der Waals surface area (Å²) in [5.74, 6) is 0.353. The molecule has 0 unspecified atom stereocenters. The number of nitrogens with one attached hydrogen (secondary N) is 2. The van der Waals surface area contributed by atoms with Crippen LogP contribution in [0.3, 0.4) is 0 Å². The Morgan fingerprint density at radius 2 is 1.58 bits per heavy atom. The molecule has 6 nitrogen and oxygen atoms in total. The number of carbonyl (C=O) groups is 2. The maximum Gasteiger partial charge on any atom is 0.241 e. The summed E-state index contributed by atoms with van der Waals surface area (Å²) in [5.41, 5.74) is 1.39. The fourth-order valence-corrected chi connectivity index (χ4v) is 2.48. The van der Waals surface area contributed by atoms with Crippen LogP contribution in [0.15, 0.2) is 53.0 Å². The van der Waals surface area contributed by atoms with E-state index in [0.717, 1.165) is 10.2 Å². The molecule has 0 aliphatic rings. The third kappa shape index (κ3) is 5.86. The van der Waals surface area contributed by atoms with Crippen LogP contribution in [-0.2, 0) is 9.59 Å². The summed E-state index contributed by atoms with van der Waals surface area (Å²) in [5, 5.41) is 5.64. The van der Waals surface area contributed by atoms with Crippen LogP contribution in [0.2, 0.25) is 0 Å². The zero-order chi connectivity index (χ0) is 19.1. The highest BCUT2D eigenvalue weighted by Crippen LogP contribution is 2.16. The van der Waals surface area contributed by atoms with Crippen molar-refractivity contribution in [2.75, 3.05) is 31.3 Å². The molecule has 0 saturated heterocycles. The fourth-order valence-electron chi connectivity index (χ4n) is 2.22. The molecule has 0 fully saturated rings. The van der Waals surface area contributed by atoms with E-state index < -0.39 is 6.04 Å². The van der Waals surface area contributed by atoms with E-state index in [-0.39, 0.29) is 18.4 Å². The average molecular weight is 420 g/mol. The minimum absolute atomic E-state index is 0.0982. The van der Waals surface area contributed by atoms with E-state index in [1.54, 1.807) is 50.2 Å². The smallest absolute Gasteiger partial charge is 0.241 e. The third-order valence-electron chi connectivity index (χ3n) is 3.92. The van der Waals surface area contributed by atoms with Crippen LogP contribution >= 0.6 is 15.9 Å². The number of methoxy groups -OCH3 is 1. The fraction of sp³-hybridized carbons (Fsp3) is 0.263. The molecule has 2 N–H and O–H groups in total. The molecule has 7 heteroatoms. The molecular formula is C19H22BrN3O3. The van der Waals surface area contributed by atoms with Gasteiger partial charge in [0.05, 0.1) is 19.7 Å². The van der Waals surface area contributed by atoms with Gasteiger partial charge < -0.3 is 15.4 Å². The number of likely N-dealkylation sites (N-methyl/N-ethyl adjacent to an activating group) is 1. The highest BCUT2D eigenvalue weighted by atomic mass is 79.9. The number of hydrogen-bond acceptors (Lipinski definition) is 4. The Bertz CT molecular complexity index is 748. The standard InChI is InChI=1S/C19H22BrN3O3/c1-13(19(25)22-16-6-4-14(20)5-7-16)23(2)12-18(24)21-15-8-10-17(26-3)11-9-15/h4-11,13H,12H2,1-3H3,(H,21,24)(H,22,25)/t13-/m1/s1. The zero-order valence-corrected chi connectivity index (χ0v) is 16.5. The zero-order valence-electron chi connectivity index (χ0n) is 15.0. The number of nitrogens with zero attached hydrogens (tertiary/aromatic N) is 1. The van der Waals surface area contributed by atoms with Gasteiger partial charge in [-0.15, -0.1) is 0 Å². The molecule has 0 aromatic heterocycles. The normalized spacial score (nSPS) is 11.7. The van der Waals surface area contributed by atoms with Gasteiger partial charge in [0, 0.05) is 15.8 Å². The lowest BCUT2D eigenvalue weighted by atomic mass is 10.2. The van der Waals surface area contributed by atoms with Crippen LogP contribution in [0.5, 0.6) is 5.75 Å². The molecule has 0 saturated carbocycles. The van der Waals surface area contributed by atoms with Crippen LogP contribution in [0.25, 0.3) is 0 Å². The van der Waals surface area contributed by atoms with Gasteiger partial charge in [0.2, 0.25) is 11.8 Å². The first-order valence-corrected chi connectivity index (χ1v) is 8.89. The Hall–Kier alpha value is -2.38. The van der Waals surface area contributed by atoms with Gasteiger partial charge >= 0.3 is 0 Å². The molecular weight excluding hydrogens is 398 g/mol. The van der Waals surface area contributed by atoms with Gasteiger partial charge in [-0.05, 0) is 62.5 Å². The number of carbonyl (C=O) groups excluding carboxylic acids is 2. The van der Waals surface area contributed by atoms with Gasteiger partial charge in [-0.3, -0.25) is 14.5 Å². The van der Waals surface area contributed by atoms with E-state index >= 15 is 0 Å². The summed E-state index contributed by atoms with van der Waals surface area (Å²) in [6.07, 6.45) is 0. The van der Waals surface area contributed by atoms with Crippen molar-refractivity contribution in [1.29, 1.82) is 0 Å². The molecule has 0 bridgehead atoms. The maximum absolute atomic E-state index is 12.3. The molecule has 2 aromatic rings. The average Bonchev–Trinajstić information content (AvgIpc) is 2.63. The second-order valence-electron chi connectivity index (χ2n) is 5.86. The second kappa shape index (κ2) is 9.35. The number of halogens is 1.